The second kappa shape index (κ2) is 7.31. The van der Waals surface area contributed by atoms with Gasteiger partial charge in [0.2, 0.25) is 11.8 Å². The highest BCUT2D eigenvalue weighted by atomic mass is 19.4. The molecule has 0 spiro atoms. The van der Waals surface area contributed by atoms with Crippen LogP contribution in [0.5, 0.6) is 0 Å². The van der Waals surface area contributed by atoms with E-state index in [2.05, 4.69) is 25.3 Å². The average molecular weight is 440 g/mol. The van der Waals surface area contributed by atoms with Gasteiger partial charge in [0.15, 0.2) is 6.10 Å². The van der Waals surface area contributed by atoms with Gasteiger partial charge in [-0.05, 0) is 12.1 Å². The molecule has 1 unspecified atom stereocenters. The number of aromatic nitrogens is 6. The van der Waals surface area contributed by atoms with Gasteiger partial charge in [0.05, 0.1) is 17.3 Å². The van der Waals surface area contributed by atoms with Crippen molar-refractivity contribution in [2.45, 2.75) is 12.3 Å². The SMILES string of the molecule is Cn1cc(-c2cnc3[nH]cc(-c4nnc(C(O)c5ccccc5C(F)(F)F)o4)c3c2)cn1. The lowest BCUT2D eigenvalue weighted by atomic mass is 10.0. The molecule has 11 heteroatoms. The smallest absolute Gasteiger partial charge is 0.416 e. The minimum Gasteiger partial charge on any atom is -0.417 e. The maximum Gasteiger partial charge on any atom is 0.416 e. The van der Waals surface area contributed by atoms with Gasteiger partial charge in [-0.25, -0.2) is 4.98 Å². The Morgan fingerprint density at radius 1 is 1.12 bits per heavy atom. The summed E-state index contributed by atoms with van der Waals surface area (Å²) in [5.74, 6) is -0.303. The summed E-state index contributed by atoms with van der Waals surface area (Å²) in [6.45, 7) is 0. The first-order chi connectivity index (χ1) is 15.3. The van der Waals surface area contributed by atoms with Gasteiger partial charge in [0.25, 0.3) is 0 Å². The molecule has 1 aromatic carbocycles. The number of aliphatic hydroxyl groups excluding tert-OH is 1. The van der Waals surface area contributed by atoms with Gasteiger partial charge in [-0.2, -0.15) is 18.3 Å². The first-order valence-electron chi connectivity index (χ1n) is 9.45. The predicted octanol–water partition coefficient (Wildman–Crippen LogP) is 4.11. The summed E-state index contributed by atoms with van der Waals surface area (Å²) in [5, 5.41) is 23.1. The number of hydrogen-bond donors (Lipinski definition) is 2. The van der Waals surface area contributed by atoms with Gasteiger partial charge >= 0.3 is 6.18 Å². The fraction of sp³-hybridized carbons (Fsp3) is 0.143. The van der Waals surface area contributed by atoms with E-state index in [4.69, 9.17) is 4.42 Å². The average Bonchev–Trinajstić information content (AvgIpc) is 3.51. The molecule has 0 fully saturated rings. The molecule has 32 heavy (non-hydrogen) atoms. The zero-order valence-electron chi connectivity index (χ0n) is 16.5. The number of H-pyrrole nitrogens is 1. The van der Waals surface area contributed by atoms with Gasteiger partial charge < -0.3 is 14.5 Å². The van der Waals surface area contributed by atoms with E-state index in [9.17, 15) is 18.3 Å². The Labute approximate surface area is 178 Å². The van der Waals surface area contributed by atoms with Crippen LogP contribution in [0.25, 0.3) is 33.6 Å². The predicted molar refractivity (Wildman–Crippen MR) is 107 cm³/mol. The zero-order chi connectivity index (χ0) is 22.5. The molecule has 0 bridgehead atoms. The third-order valence-corrected chi connectivity index (χ3v) is 5.04. The van der Waals surface area contributed by atoms with Crippen molar-refractivity contribution >= 4 is 11.0 Å². The van der Waals surface area contributed by atoms with Crippen LogP contribution in [-0.2, 0) is 13.2 Å². The van der Waals surface area contributed by atoms with E-state index < -0.39 is 17.8 Å². The van der Waals surface area contributed by atoms with Crippen LogP contribution in [-0.4, -0.2) is 35.1 Å². The van der Waals surface area contributed by atoms with Gasteiger partial charge in [-0.3, -0.25) is 4.68 Å². The number of nitrogens with one attached hydrogen (secondary N) is 1. The fourth-order valence-corrected chi connectivity index (χ4v) is 3.49. The van der Waals surface area contributed by atoms with E-state index >= 15 is 0 Å². The first kappa shape index (κ1) is 19.9. The molecule has 2 N–H and O–H groups in total. The Morgan fingerprint density at radius 3 is 2.69 bits per heavy atom. The van der Waals surface area contributed by atoms with Crippen molar-refractivity contribution in [2.24, 2.45) is 7.05 Å². The van der Waals surface area contributed by atoms with Crippen molar-refractivity contribution in [3.8, 4) is 22.6 Å². The number of nitrogens with zero attached hydrogens (tertiary/aromatic N) is 5. The van der Waals surface area contributed by atoms with E-state index in [1.165, 1.54) is 18.2 Å². The molecule has 0 saturated heterocycles. The molecule has 8 nitrogen and oxygen atoms in total. The molecule has 0 aliphatic rings. The Hall–Kier alpha value is -3.99. The highest BCUT2D eigenvalue weighted by molar-refractivity contribution is 5.93. The van der Waals surface area contributed by atoms with Crippen molar-refractivity contribution in [1.82, 2.24) is 29.9 Å². The highest BCUT2D eigenvalue weighted by Gasteiger charge is 2.36. The molecule has 4 heterocycles. The lowest BCUT2D eigenvalue weighted by Gasteiger charge is -2.14. The Balaban J connectivity index is 1.53. The zero-order valence-corrected chi connectivity index (χ0v) is 16.5. The summed E-state index contributed by atoms with van der Waals surface area (Å²) >= 11 is 0. The number of aliphatic hydroxyl groups is 1. The van der Waals surface area contributed by atoms with Gasteiger partial charge in [-0.1, -0.05) is 18.2 Å². The third-order valence-electron chi connectivity index (χ3n) is 5.04. The molecular weight excluding hydrogens is 425 g/mol. The molecule has 0 aliphatic heterocycles. The Morgan fingerprint density at radius 2 is 1.94 bits per heavy atom. The minimum atomic E-state index is -4.63. The first-order valence-corrected chi connectivity index (χ1v) is 9.45. The van der Waals surface area contributed by atoms with Crippen molar-refractivity contribution in [1.29, 1.82) is 0 Å². The molecule has 5 aromatic rings. The number of halogens is 3. The highest BCUT2D eigenvalue weighted by Crippen LogP contribution is 2.37. The fourth-order valence-electron chi connectivity index (χ4n) is 3.49. The van der Waals surface area contributed by atoms with Crippen molar-refractivity contribution in [3.05, 3.63) is 72.1 Å². The topological polar surface area (TPSA) is 106 Å². The third kappa shape index (κ3) is 3.42. The van der Waals surface area contributed by atoms with E-state index in [0.717, 1.165) is 17.2 Å². The lowest BCUT2D eigenvalue weighted by molar-refractivity contribution is -0.139. The van der Waals surface area contributed by atoms with E-state index in [1.54, 1.807) is 30.3 Å². The van der Waals surface area contributed by atoms with Crippen LogP contribution >= 0.6 is 0 Å². The van der Waals surface area contributed by atoms with E-state index in [-0.39, 0.29) is 17.3 Å². The standard InChI is InChI=1S/C21H15F3N6O2/c1-30-10-12(8-27-30)11-6-14-15(9-26-18(14)25-7-11)19-28-29-20(32-19)17(31)13-4-2-3-5-16(13)21(22,23)24/h2-10,17,31H,1H3,(H,25,26). The van der Waals surface area contributed by atoms with Crippen molar-refractivity contribution < 1.29 is 22.7 Å². The monoisotopic (exact) mass is 440 g/mol. The summed E-state index contributed by atoms with van der Waals surface area (Å²) in [6.07, 6.45) is 0.479. The molecular formula is C21H15F3N6O2. The van der Waals surface area contributed by atoms with Crippen LogP contribution in [0.15, 0.2) is 59.5 Å². The second-order valence-electron chi connectivity index (χ2n) is 7.16. The molecule has 162 valence electrons. The molecule has 0 radical (unpaired) electrons. The largest absolute Gasteiger partial charge is 0.417 e. The number of hydrogen-bond acceptors (Lipinski definition) is 6. The minimum absolute atomic E-state index is 0.0416. The van der Waals surface area contributed by atoms with E-state index in [1.807, 2.05) is 12.3 Å². The van der Waals surface area contributed by atoms with Crippen molar-refractivity contribution in [2.75, 3.05) is 0 Å². The Bertz CT molecular complexity index is 1420. The maximum absolute atomic E-state index is 13.3. The number of alkyl halides is 3. The number of aryl methyl sites for hydroxylation is 1. The summed E-state index contributed by atoms with van der Waals surface area (Å²) in [7, 11) is 1.80. The maximum atomic E-state index is 13.3. The molecule has 0 aliphatic carbocycles. The summed E-state index contributed by atoms with van der Waals surface area (Å²) in [4.78, 5) is 7.38. The second-order valence-corrected chi connectivity index (χ2v) is 7.16. The Kier molecular flexibility index (Phi) is 4.55. The number of pyridine rings is 1. The van der Waals surface area contributed by atoms with Crippen molar-refractivity contribution in [3.63, 3.8) is 0 Å². The normalized spacial score (nSPS) is 13.0. The van der Waals surface area contributed by atoms with Crippen LogP contribution in [0.2, 0.25) is 0 Å². The lowest BCUT2D eigenvalue weighted by Crippen LogP contribution is -2.12. The van der Waals surface area contributed by atoms with Crippen LogP contribution < -0.4 is 0 Å². The van der Waals surface area contributed by atoms with Crippen LogP contribution in [0, 0.1) is 0 Å². The molecule has 0 saturated carbocycles. The molecule has 0 amide bonds. The van der Waals surface area contributed by atoms with Crippen LogP contribution in [0.1, 0.15) is 23.1 Å². The van der Waals surface area contributed by atoms with Gasteiger partial charge in [0, 0.05) is 47.7 Å². The number of benzene rings is 1. The molecule has 1 atom stereocenters. The van der Waals surface area contributed by atoms with E-state index in [0.29, 0.717) is 16.6 Å². The van der Waals surface area contributed by atoms with Gasteiger partial charge in [-0.15, -0.1) is 10.2 Å². The van der Waals surface area contributed by atoms with Crippen LogP contribution in [0.3, 0.4) is 0 Å². The number of aromatic amines is 1. The summed E-state index contributed by atoms with van der Waals surface area (Å²) in [6, 6.07) is 6.58. The molecule has 5 rings (SSSR count). The summed E-state index contributed by atoms with van der Waals surface area (Å²) in [5.41, 5.74) is 1.41. The van der Waals surface area contributed by atoms with Gasteiger partial charge in [0.1, 0.15) is 5.65 Å². The summed E-state index contributed by atoms with van der Waals surface area (Å²) < 4.78 is 47.2. The number of fused-ring (bicyclic) bond motifs is 1. The molecule has 4 aromatic heterocycles. The van der Waals surface area contributed by atoms with Crippen LogP contribution in [0.4, 0.5) is 13.2 Å². The number of rotatable bonds is 4. The quantitative estimate of drug-likeness (QED) is 0.436.